The van der Waals surface area contributed by atoms with Crippen molar-refractivity contribution in [2.45, 2.75) is 171 Å². The van der Waals surface area contributed by atoms with Gasteiger partial charge in [0.2, 0.25) is 0 Å². The molecule has 0 aromatic rings. The molecule has 7 aliphatic rings. The predicted octanol–water partition coefficient (Wildman–Crippen LogP) is 1.85. The minimum atomic E-state index is -1.19. The van der Waals surface area contributed by atoms with Gasteiger partial charge in [-0.05, 0) is 77.0 Å². The van der Waals surface area contributed by atoms with Gasteiger partial charge in [0.1, 0.15) is 41.4 Å². The van der Waals surface area contributed by atoms with Crippen LogP contribution >= 0.6 is 0 Å². The minimum absolute atomic E-state index is 0.0406. The first kappa shape index (κ1) is 34.7. The fourth-order valence-corrected chi connectivity index (χ4v) is 11.9. The van der Waals surface area contributed by atoms with Gasteiger partial charge in [0.15, 0.2) is 12.6 Å². The number of epoxide rings is 1. The second kappa shape index (κ2) is 11.9. The maximum atomic E-state index is 12.7. The summed E-state index contributed by atoms with van der Waals surface area (Å²) in [6.07, 6.45) is -2.44. The molecule has 3 aliphatic heterocycles. The summed E-state index contributed by atoms with van der Waals surface area (Å²) in [4.78, 5) is 12.7. The normalized spacial score (nSPS) is 58.6. The first-order valence-corrected chi connectivity index (χ1v) is 17.8. The third kappa shape index (κ3) is 4.76. The molecule has 12 heteroatoms. The van der Waals surface area contributed by atoms with Gasteiger partial charge in [0, 0.05) is 37.9 Å². The average molecular weight is 669 g/mol. The molecule has 47 heavy (non-hydrogen) atoms. The van der Waals surface area contributed by atoms with Crippen molar-refractivity contribution in [2.75, 3.05) is 14.2 Å². The van der Waals surface area contributed by atoms with E-state index in [-0.39, 0.29) is 41.2 Å². The van der Waals surface area contributed by atoms with E-state index in [9.17, 15) is 25.2 Å². The lowest BCUT2D eigenvalue weighted by atomic mass is 9.43. The number of carbonyl (C=O) groups is 1. The van der Waals surface area contributed by atoms with E-state index in [1.54, 1.807) is 21.0 Å². The van der Waals surface area contributed by atoms with E-state index in [4.69, 9.17) is 33.2 Å². The molecule has 268 valence electrons. The molecule has 3 saturated heterocycles. The van der Waals surface area contributed by atoms with Gasteiger partial charge in [0.25, 0.3) is 0 Å². The van der Waals surface area contributed by atoms with E-state index in [0.29, 0.717) is 12.8 Å². The molecule has 2 spiro atoms. The first-order chi connectivity index (χ1) is 22.2. The molecule has 0 radical (unpaired) electrons. The predicted molar refractivity (Wildman–Crippen MR) is 165 cm³/mol. The number of aliphatic hydroxyl groups excluding tert-OH is 4. The van der Waals surface area contributed by atoms with Crippen molar-refractivity contribution >= 4 is 5.78 Å². The molecule has 4 aliphatic carbocycles. The Morgan fingerprint density at radius 1 is 0.809 bits per heavy atom. The van der Waals surface area contributed by atoms with Crippen LogP contribution in [0.15, 0.2) is 0 Å². The van der Waals surface area contributed by atoms with Crippen molar-refractivity contribution in [3.63, 3.8) is 0 Å². The molecule has 0 bridgehead atoms. The molecule has 12 nitrogen and oxygen atoms in total. The van der Waals surface area contributed by atoms with Crippen molar-refractivity contribution in [3.8, 4) is 0 Å². The molecule has 1 unspecified atom stereocenters. The summed E-state index contributed by atoms with van der Waals surface area (Å²) in [7, 11) is 3.05. The number of carbonyl (C=O) groups excluding carboxylic acids is 1. The topological polar surface area (TPSA) is 166 Å². The highest BCUT2D eigenvalue weighted by atomic mass is 16.7. The van der Waals surface area contributed by atoms with E-state index in [1.165, 1.54) is 7.11 Å². The highest BCUT2D eigenvalue weighted by molar-refractivity contribution is 5.80. The van der Waals surface area contributed by atoms with Crippen LogP contribution in [0.1, 0.15) is 86.0 Å². The van der Waals surface area contributed by atoms with Crippen LogP contribution < -0.4 is 0 Å². The van der Waals surface area contributed by atoms with Crippen LogP contribution in [-0.4, -0.2) is 125 Å². The van der Waals surface area contributed by atoms with Crippen LogP contribution in [-0.2, 0) is 38.0 Å². The second-order valence-electron chi connectivity index (χ2n) is 16.3. The van der Waals surface area contributed by atoms with Gasteiger partial charge in [-0.1, -0.05) is 13.8 Å². The van der Waals surface area contributed by atoms with E-state index < -0.39 is 78.0 Å². The SMILES string of the molecule is CO[C@@H]1[C@H](O)[C@@H](O[C@H]2[C@H](C)O[C@@H](O[C@@H]3CC[C@]4(C)[C@H](CCC56O[C@]57CC[C@@H](C(C)=O)[C@]7(C)[C@@H](O)[C@H](O)[C@H]64)C3)C[C@@H]2OC)O[C@@H](C)[C@@H]1O. The molecular weight excluding hydrogens is 612 g/mol. The summed E-state index contributed by atoms with van der Waals surface area (Å²) in [6.45, 7) is 9.45. The van der Waals surface area contributed by atoms with E-state index in [0.717, 1.165) is 38.5 Å². The Hall–Kier alpha value is -0.770. The Labute approximate surface area is 277 Å². The van der Waals surface area contributed by atoms with Crippen LogP contribution in [0.4, 0.5) is 0 Å². The number of aliphatic hydroxyl groups is 4. The van der Waals surface area contributed by atoms with Crippen LogP contribution in [0.2, 0.25) is 0 Å². The van der Waals surface area contributed by atoms with Crippen LogP contribution in [0.3, 0.4) is 0 Å². The maximum absolute atomic E-state index is 12.7. The lowest BCUT2D eigenvalue weighted by Gasteiger charge is -2.61. The first-order valence-electron chi connectivity index (χ1n) is 17.8. The molecule has 4 saturated carbocycles. The number of ether oxygens (including phenoxy) is 7. The van der Waals surface area contributed by atoms with E-state index >= 15 is 0 Å². The summed E-state index contributed by atoms with van der Waals surface area (Å²) in [5.74, 6) is -0.163. The standard InChI is InChI=1S/C35H56O12/c1-16(36)21-10-13-35-33(21,5)30(40)26(39)29-32(4)11-9-20(14-19(32)8-12-34(29,35)47-35)45-23-15-22(41-6)27(18(3)43-23)46-31-25(38)28(42-7)24(37)17(2)44-31/h17-31,37-40H,8-15H2,1-7H3/t17-,18-,19+,20+,21-,22-,23-,24-,25-,26+,27-,28-,29-,30-,31+,32+,33+,34?,35-/m0/s1. The van der Waals surface area contributed by atoms with Crippen molar-refractivity contribution < 1.29 is 58.4 Å². The molecule has 7 fully saturated rings. The van der Waals surface area contributed by atoms with Crippen molar-refractivity contribution in [3.05, 3.63) is 0 Å². The average Bonchev–Trinajstić information content (AvgIpc) is 3.57. The molecule has 0 aromatic heterocycles. The fraction of sp³-hybridized carbons (Fsp3) is 0.971. The van der Waals surface area contributed by atoms with Gasteiger partial charge in [-0.3, -0.25) is 4.79 Å². The Morgan fingerprint density at radius 3 is 2.23 bits per heavy atom. The van der Waals surface area contributed by atoms with Crippen molar-refractivity contribution in [1.82, 2.24) is 0 Å². The summed E-state index contributed by atoms with van der Waals surface area (Å²) in [5, 5.41) is 44.7. The van der Waals surface area contributed by atoms with Gasteiger partial charge < -0.3 is 53.6 Å². The number of ketones is 1. The number of hydrogen-bond acceptors (Lipinski definition) is 12. The zero-order valence-corrected chi connectivity index (χ0v) is 28.9. The molecular formula is C35H56O12. The lowest BCUT2D eigenvalue weighted by Crippen LogP contribution is -2.69. The summed E-state index contributed by atoms with van der Waals surface area (Å²) >= 11 is 0. The Kier molecular flexibility index (Phi) is 8.78. The molecule has 4 N–H and O–H groups in total. The van der Waals surface area contributed by atoms with Crippen LogP contribution in [0.5, 0.6) is 0 Å². The number of methoxy groups -OCH3 is 2. The van der Waals surface area contributed by atoms with Gasteiger partial charge in [0.05, 0.1) is 36.6 Å². The van der Waals surface area contributed by atoms with Crippen LogP contribution in [0, 0.1) is 28.6 Å². The van der Waals surface area contributed by atoms with E-state index in [1.807, 2.05) is 13.8 Å². The number of fused-ring (bicyclic) bond motifs is 2. The highest BCUT2D eigenvalue weighted by Crippen LogP contribution is 2.81. The van der Waals surface area contributed by atoms with Crippen LogP contribution in [0.25, 0.3) is 0 Å². The third-order valence-electron chi connectivity index (χ3n) is 14.3. The monoisotopic (exact) mass is 668 g/mol. The zero-order chi connectivity index (χ0) is 33.8. The summed E-state index contributed by atoms with van der Waals surface area (Å²) in [5.41, 5.74) is -2.07. The van der Waals surface area contributed by atoms with Gasteiger partial charge in [-0.2, -0.15) is 0 Å². The Morgan fingerprint density at radius 2 is 1.55 bits per heavy atom. The Balaban J connectivity index is 1.01. The Bertz CT molecular complexity index is 1200. The molecule has 0 aromatic carbocycles. The molecule has 7 rings (SSSR count). The largest absolute Gasteiger partial charge is 0.390 e. The third-order valence-corrected chi connectivity index (χ3v) is 14.3. The van der Waals surface area contributed by atoms with Crippen molar-refractivity contribution in [1.29, 1.82) is 0 Å². The summed E-state index contributed by atoms with van der Waals surface area (Å²) < 4.78 is 43.0. The fourth-order valence-electron chi connectivity index (χ4n) is 11.9. The number of rotatable bonds is 7. The molecule has 3 heterocycles. The zero-order valence-electron chi connectivity index (χ0n) is 28.9. The number of hydrogen-bond donors (Lipinski definition) is 4. The van der Waals surface area contributed by atoms with Gasteiger partial charge >= 0.3 is 0 Å². The van der Waals surface area contributed by atoms with Crippen molar-refractivity contribution in [2.24, 2.45) is 28.6 Å². The molecule has 0 amide bonds. The smallest absolute Gasteiger partial charge is 0.187 e. The maximum Gasteiger partial charge on any atom is 0.187 e. The van der Waals surface area contributed by atoms with Gasteiger partial charge in [-0.15, -0.1) is 0 Å². The number of Topliss-reactive ketones (excluding diaryl/α,β-unsaturated/α-hetero) is 1. The summed E-state index contributed by atoms with van der Waals surface area (Å²) in [6, 6.07) is 0. The molecule has 19 atom stereocenters. The van der Waals surface area contributed by atoms with E-state index in [2.05, 4.69) is 6.92 Å². The minimum Gasteiger partial charge on any atom is -0.390 e. The second-order valence-corrected chi connectivity index (χ2v) is 16.3. The lowest BCUT2D eigenvalue weighted by molar-refractivity contribution is -0.343. The quantitative estimate of drug-likeness (QED) is 0.230. The van der Waals surface area contributed by atoms with Gasteiger partial charge in [-0.25, -0.2) is 0 Å². The highest BCUT2D eigenvalue weighted by Gasteiger charge is 2.90.